The number of allylic oxidation sites excluding steroid dienone is 2. The van der Waals surface area contributed by atoms with Crippen LogP contribution < -0.4 is 0 Å². The molecule has 0 atom stereocenters. The fourth-order valence-corrected chi connectivity index (χ4v) is 3.48. The second-order valence-electron chi connectivity index (χ2n) is 8.07. The van der Waals surface area contributed by atoms with Crippen LogP contribution in [0, 0.1) is 0 Å². The summed E-state index contributed by atoms with van der Waals surface area (Å²) in [7, 11) is 1.91. The van der Waals surface area contributed by atoms with Crippen molar-refractivity contribution in [2.24, 2.45) is 0 Å². The Morgan fingerprint density at radius 3 is 1.90 bits per heavy atom. The summed E-state index contributed by atoms with van der Waals surface area (Å²) >= 11 is 0. The van der Waals surface area contributed by atoms with E-state index < -0.39 is 0 Å². The molecule has 1 aromatic carbocycles. The van der Waals surface area contributed by atoms with Crippen LogP contribution in [0.5, 0.6) is 0 Å². The zero-order chi connectivity index (χ0) is 20.3. The van der Waals surface area contributed by atoms with Crippen molar-refractivity contribution in [1.82, 2.24) is 4.90 Å². The molecule has 0 aliphatic carbocycles. The van der Waals surface area contributed by atoms with Gasteiger partial charge in [-0.05, 0) is 37.7 Å². The van der Waals surface area contributed by atoms with Crippen LogP contribution in [0.2, 0.25) is 0 Å². The summed E-state index contributed by atoms with van der Waals surface area (Å²) in [6, 6.07) is 10.2. The third kappa shape index (κ3) is 16.2. The summed E-state index contributed by atoms with van der Waals surface area (Å²) in [6.45, 7) is 2.98. The molecule has 0 saturated heterocycles. The number of halogens is 1. The number of unbranched alkanes of at least 4 members (excludes halogenated alkanes) is 11. The Morgan fingerprint density at radius 2 is 1.31 bits per heavy atom. The van der Waals surface area contributed by atoms with Crippen molar-refractivity contribution in [2.45, 2.75) is 103 Å². The van der Waals surface area contributed by atoms with Gasteiger partial charge in [0, 0.05) is 20.0 Å². The van der Waals surface area contributed by atoms with Crippen LogP contribution in [0.3, 0.4) is 0 Å². The molecule has 2 nitrogen and oxygen atoms in total. The first-order valence-corrected chi connectivity index (χ1v) is 11.7. The Bertz CT molecular complexity index is 515. The molecule has 0 saturated carbocycles. The molecule has 1 rings (SSSR count). The molecule has 0 radical (unpaired) electrons. The van der Waals surface area contributed by atoms with Gasteiger partial charge in [0.15, 0.2) is 0 Å². The number of hydrogen-bond donors (Lipinski definition) is 0. The molecule has 0 aliphatic rings. The lowest BCUT2D eigenvalue weighted by Gasteiger charge is -2.17. The molecule has 0 aromatic heterocycles. The van der Waals surface area contributed by atoms with Crippen molar-refractivity contribution in [3.05, 3.63) is 48.0 Å². The minimum Gasteiger partial charge on any atom is -0.341 e. The number of carbonyl (C=O) groups is 1. The SMILES string of the molecule is CCCCCCCC/C=C\CCCCCCCC(=O)N(C)Cc1ccccc1.Cl. The third-order valence-corrected chi connectivity index (χ3v) is 5.34. The average Bonchev–Trinajstić information content (AvgIpc) is 2.71. The summed E-state index contributed by atoms with van der Waals surface area (Å²) < 4.78 is 0. The summed E-state index contributed by atoms with van der Waals surface area (Å²) in [5.41, 5.74) is 1.20. The Kier molecular flexibility index (Phi) is 19.1. The molecule has 29 heavy (non-hydrogen) atoms. The van der Waals surface area contributed by atoms with Crippen LogP contribution in [0.1, 0.15) is 102 Å². The van der Waals surface area contributed by atoms with Gasteiger partial charge in [-0.3, -0.25) is 4.79 Å². The summed E-state index contributed by atoms with van der Waals surface area (Å²) in [5, 5.41) is 0. The van der Waals surface area contributed by atoms with E-state index in [1.165, 1.54) is 82.6 Å². The second-order valence-corrected chi connectivity index (χ2v) is 8.07. The third-order valence-electron chi connectivity index (χ3n) is 5.34. The molecule has 0 heterocycles. The zero-order valence-electron chi connectivity index (χ0n) is 18.9. The Hall–Kier alpha value is -1.28. The Balaban J connectivity index is 0.00000784. The van der Waals surface area contributed by atoms with Gasteiger partial charge in [-0.15, -0.1) is 12.4 Å². The maximum Gasteiger partial charge on any atom is 0.222 e. The van der Waals surface area contributed by atoms with Gasteiger partial charge in [-0.1, -0.05) is 101 Å². The molecule has 166 valence electrons. The van der Waals surface area contributed by atoms with E-state index in [1.807, 2.05) is 30.1 Å². The highest BCUT2D eigenvalue weighted by molar-refractivity contribution is 5.85. The first kappa shape index (κ1) is 27.7. The highest BCUT2D eigenvalue weighted by Gasteiger charge is 2.08. The van der Waals surface area contributed by atoms with Crippen LogP contribution in [0.15, 0.2) is 42.5 Å². The molecular formula is C26H44ClNO. The number of hydrogen-bond acceptors (Lipinski definition) is 1. The van der Waals surface area contributed by atoms with Gasteiger partial charge in [-0.2, -0.15) is 0 Å². The Morgan fingerprint density at radius 1 is 0.793 bits per heavy atom. The van der Waals surface area contributed by atoms with E-state index in [2.05, 4.69) is 31.2 Å². The monoisotopic (exact) mass is 421 g/mol. The van der Waals surface area contributed by atoms with E-state index in [0.29, 0.717) is 13.0 Å². The zero-order valence-corrected chi connectivity index (χ0v) is 19.7. The predicted molar refractivity (Wildman–Crippen MR) is 130 cm³/mol. The number of benzene rings is 1. The van der Waals surface area contributed by atoms with Gasteiger partial charge in [0.05, 0.1) is 0 Å². The molecule has 0 N–H and O–H groups in total. The molecule has 1 aromatic rings. The molecule has 0 unspecified atom stereocenters. The first-order valence-electron chi connectivity index (χ1n) is 11.7. The van der Waals surface area contributed by atoms with E-state index in [-0.39, 0.29) is 18.3 Å². The maximum absolute atomic E-state index is 12.2. The average molecular weight is 422 g/mol. The van der Waals surface area contributed by atoms with Crippen molar-refractivity contribution < 1.29 is 4.79 Å². The van der Waals surface area contributed by atoms with Crippen molar-refractivity contribution in [2.75, 3.05) is 7.05 Å². The quantitative estimate of drug-likeness (QED) is 0.184. The largest absolute Gasteiger partial charge is 0.341 e. The normalized spacial score (nSPS) is 10.8. The summed E-state index contributed by atoms with van der Waals surface area (Å²) in [4.78, 5) is 14.0. The van der Waals surface area contributed by atoms with Gasteiger partial charge in [-0.25, -0.2) is 0 Å². The lowest BCUT2D eigenvalue weighted by atomic mass is 10.1. The first-order chi connectivity index (χ1) is 13.7. The number of nitrogens with zero attached hydrogens (tertiary/aromatic N) is 1. The molecule has 1 amide bonds. The van der Waals surface area contributed by atoms with Gasteiger partial charge in [0.2, 0.25) is 5.91 Å². The number of amides is 1. The van der Waals surface area contributed by atoms with Gasteiger partial charge in [0.25, 0.3) is 0 Å². The van der Waals surface area contributed by atoms with Crippen LogP contribution in [-0.2, 0) is 11.3 Å². The highest BCUT2D eigenvalue weighted by Crippen LogP contribution is 2.11. The summed E-state index contributed by atoms with van der Waals surface area (Å²) in [5.74, 6) is 0.265. The lowest BCUT2D eigenvalue weighted by molar-refractivity contribution is -0.130. The Labute approximate surface area is 186 Å². The van der Waals surface area contributed by atoms with E-state index >= 15 is 0 Å². The predicted octanol–water partition coefficient (Wildman–Crippen LogP) is 8.10. The van der Waals surface area contributed by atoms with Gasteiger partial charge >= 0.3 is 0 Å². The van der Waals surface area contributed by atoms with Crippen molar-refractivity contribution in [1.29, 1.82) is 0 Å². The number of carbonyl (C=O) groups excluding carboxylic acids is 1. The van der Waals surface area contributed by atoms with Crippen molar-refractivity contribution in [3.63, 3.8) is 0 Å². The highest BCUT2D eigenvalue weighted by atomic mass is 35.5. The van der Waals surface area contributed by atoms with Crippen molar-refractivity contribution >= 4 is 18.3 Å². The molecule has 0 aliphatic heterocycles. The topological polar surface area (TPSA) is 20.3 Å². The maximum atomic E-state index is 12.2. The molecule has 0 spiro atoms. The molecular weight excluding hydrogens is 378 g/mol. The molecule has 3 heteroatoms. The lowest BCUT2D eigenvalue weighted by Crippen LogP contribution is -2.25. The van der Waals surface area contributed by atoms with Crippen LogP contribution in [0.25, 0.3) is 0 Å². The van der Waals surface area contributed by atoms with Crippen LogP contribution >= 0.6 is 12.4 Å². The molecule has 0 fully saturated rings. The fourth-order valence-electron chi connectivity index (χ4n) is 3.48. The summed E-state index contributed by atoms with van der Waals surface area (Å²) in [6.07, 6.45) is 22.2. The van der Waals surface area contributed by atoms with Gasteiger partial charge < -0.3 is 4.90 Å². The minimum atomic E-state index is 0. The van der Waals surface area contributed by atoms with Crippen molar-refractivity contribution in [3.8, 4) is 0 Å². The van der Waals surface area contributed by atoms with E-state index in [0.717, 1.165) is 6.42 Å². The van der Waals surface area contributed by atoms with E-state index in [4.69, 9.17) is 0 Å². The van der Waals surface area contributed by atoms with Gasteiger partial charge in [0.1, 0.15) is 0 Å². The second kappa shape index (κ2) is 20.0. The molecule has 0 bridgehead atoms. The van der Waals surface area contributed by atoms with E-state index in [1.54, 1.807) is 0 Å². The standard InChI is InChI=1S/C26H43NO.ClH/c1-3-4-5-6-7-8-9-10-11-12-13-14-15-16-20-23-26(28)27(2)24-25-21-18-17-19-22-25;/h10-11,17-19,21-22H,3-9,12-16,20,23-24H2,1-2H3;1H/b11-10-;. The number of rotatable bonds is 17. The smallest absolute Gasteiger partial charge is 0.222 e. The fraction of sp³-hybridized carbons (Fsp3) is 0.654. The van der Waals surface area contributed by atoms with E-state index in [9.17, 15) is 4.79 Å². The van der Waals surface area contributed by atoms with Crippen LogP contribution in [-0.4, -0.2) is 17.9 Å². The minimum absolute atomic E-state index is 0. The van der Waals surface area contributed by atoms with Crippen LogP contribution in [0.4, 0.5) is 0 Å².